The van der Waals surface area contributed by atoms with Crippen LogP contribution in [0.3, 0.4) is 0 Å². The Hall–Kier alpha value is -2.56. The van der Waals surface area contributed by atoms with Gasteiger partial charge in [0.1, 0.15) is 28.6 Å². The van der Waals surface area contributed by atoms with E-state index in [0.29, 0.717) is 41.6 Å². The van der Waals surface area contributed by atoms with Gasteiger partial charge in [0.25, 0.3) is 0 Å². The highest BCUT2D eigenvalue weighted by molar-refractivity contribution is 5.85. The van der Waals surface area contributed by atoms with E-state index < -0.39 is 0 Å². The zero-order valence-electron chi connectivity index (χ0n) is 19.6. The van der Waals surface area contributed by atoms with Crippen LogP contribution in [0.5, 0.6) is 11.5 Å². The largest absolute Gasteiger partial charge is 0.497 e. The molecule has 0 saturated heterocycles. The second-order valence-electron chi connectivity index (χ2n) is 10.9. The summed E-state index contributed by atoms with van der Waals surface area (Å²) < 4.78 is 17.6. The van der Waals surface area contributed by atoms with E-state index in [1.807, 2.05) is 30.3 Å². The Morgan fingerprint density at radius 3 is 2.41 bits per heavy atom. The average molecular weight is 437 g/mol. The van der Waals surface area contributed by atoms with Crippen molar-refractivity contribution in [3.8, 4) is 22.8 Å². The first-order chi connectivity index (χ1) is 15.1. The standard InChI is InChI=1S/C27H32O5/c1-25(2)21-10-13-27(4)22(26(21,3)12-11-23(25)28)14-18-20(32-27)15-19(31-24(18)29)16-6-8-17(30-5)9-7-16/h6-9,15,21-22H,10-14H2,1-5H3/t21?,22?,26-,27+/m0/s1. The molecule has 170 valence electrons. The number of ether oxygens (including phenoxy) is 2. The number of methoxy groups -OCH3 is 1. The first kappa shape index (κ1) is 21.3. The second kappa shape index (κ2) is 6.97. The topological polar surface area (TPSA) is 65.7 Å². The molecular weight excluding hydrogens is 404 g/mol. The van der Waals surface area contributed by atoms with Gasteiger partial charge in [-0.05, 0) is 68.2 Å². The first-order valence-electron chi connectivity index (χ1n) is 11.6. The van der Waals surface area contributed by atoms with Gasteiger partial charge in [0.15, 0.2) is 0 Å². The van der Waals surface area contributed by atoms with Crippen molar-refractivity contribution in [1.82, 2.24) is 0 Å². The number of rotatable bonds is 2. The number of Topliss-reactive ketones (excluding diaryl/α,β-unsaturated/α-hetero) is 1. The highest BCUT2D eigenvalue weighted by Crippen LogP contribution is 2.63. The molecule has 1 aromatic carbocycles. The fourth-order valence-corrected chi connectivity index (χ4v) is 7.01. The quantitative estimate of drug-likeness (QED) is 0.628. The van der Waals surface area contributed by atoms with Gasteiger partial charge >= 0.3 is 5.63 Å². The van der Waals surface area contributed by atoms with Gasteiger partial charge in [-0.3, -0.25) is 4.79 Å². The Balaban J connectivity index is 1.54. The summed E-state index contributed by atoms with van der Waals surface area (Å²) in [5.74, 6) is 2.72. The summed E-state index contributed by atoms with van der Waals surface area (Å²) in [5, 5.41) is 0. The van der Waals surface area contributed by atoms with Crippen molar-refractivity contribution in [2.45, 2.75) is 65.4 Å². The molecule has 5 heteroatoms. The lowest BCUT2D eigenvalue weighted by molar-refractivity contribution is -0.174. The fourth-order valence-electron chi connectivity index (χ4n) is 7.01. The van der Waals surface area contributed by atoms with Gasteiger partial charge in [-0.2, -0.15) is 0 Å². The normalized spacial score (nSPS) is 32.8. The third kappa shape index (κ3) is 2.96. The Bertz CT molecular complexity index is 1130. The van der Waals surface area contributed by atoms with Gasteiger partial charge in [-0.1, -0.05) is 20.8 Å². The maximum atomic E-state index is 13.1. The number of fused-ring (bicyclic) bond motifs is 4. The van der Waals surface area contributed by atoms with Crippen molar-refractivity contribution in [3.63, 3.8) is 0 Å². The van der Waals surface area contributed by atoms with Crippen LogP contribution in [-0.4, -0.2) is 18.5 Å². The molecule has 3 aliphatic rings. The van der Waals surface area contributed by atoms with Crippen LogP contribution in [-0.2, 0) is 11.2 Å². The molecule has 0 amide bonds. The third-order valence-corrected chi connectivity index (χ3v) is 8.87. The van der Waals surface area contributed by atoms with Crippen molar-refractivity contribution in [2.75, 3.05) is 7.11 Å². The maximum Gasteiger partial charge on any atom is 0.343 e. The smallest absolute Gasteiger partial charge is 0.343 e. The number of ketones is 1. The van der Waals surface area contributed by atoms with Gasteiger partial charge in [0.05, 0.1) is 12.7 Å². The summed E-state index contributed by atoms with van der Waals surface area (Å²) in [6.07, 6.45) is 3.93. The molecule has 0 bridgehead atoms. The zero-order valence-corrected chi connectivity index (χ0v) is 19.6. The molecule has 5 nitrogen and oxygen atoms in total. The molecule has 1 aliphatic heterocycles. The average Bonchev–Trinajstić information content (AvgIpc) is 2.75. The summed E-state index contributed by atoms with van der Waals surface area (Å²) in [4.78, 5) is 25.8. The summed E-state index contributed by atoms with van der Waals surface area (Å²) in [5.41, 5.74) is 0.360. The number of carbonyl (C=O) groups is 1. The molecule has 2 fully saturated rings. The van der Waals surface area contributed by atoms with Gasteiger partial charge in [0.2, 0.25) is 0 Å². The minimum atomic E-state index is -0.361. The molecule has 0 radical (unpaired) electrons. The number of benzene rings is 1. The highest BCUT2D eigenvalue weighted by atomic mass is 16.5. The second-order valence-corrected chi connectivity index (χ2v) is 10.9. The molecule has 0 N–H and O–H groups in total. The predicted molar refractivity (Wildman–Crippen MR) is 122 cm³/mol. The minimum absolute atomic E-state index is 0.0524. The van der Waals surface area contributed by atoms with Crippen molar-refractivity contribution in [2.24, 2.45) is 22.7 Å². The molecule has 2 unspecified atom stereocenters. The van der Waals surface area contributed by atoms with Crippen LogP contribution in [0.4, 0.5) is 0 Å². The maximum absolute atomic E-state index is 13.1. The van der Waals surface area contributed by atoms with Crippen molar-refractivity contribution in [1.29, 1.82) is 0 Å². The van der Waals surface area contributed by atoms with Crippen LogP contribution in [0, 0.1) is 22.7 Å². The Morgan fingerprint density at radius 2 is 1.72 bits per heavy atom. The lowest BCUT2D eigenvalue weighted by Crippen LogP contribution is -2.63. The van der Waals surface area contributed by atoms with Crippen LogP contribution in [0.2, 0.25) is 0 Å². The van der Waals surface area contributed by atoms with Crippen LogP contribution in [0.1, 0.15) is 58.9 Å². The van der Waals surface area contributed by atoms with Crippen molar-refractivity contribution in [3.05, 3.63) is 46.3 Å². The summed E-state index contributed by atoms with van der Waals surface area (Å²) >= 11 is 0. The summed E-state index contributed by atoms with van der Waals surface area (Å²) in [7, 11) is 1.62. The van der Waals surface area contributed by atoms with E-state index in [1.54, 1.807) is 7.11 Å². The Labute approximate surface area is 189 Å². The lowest BCUT2D eigenvalue weighted by atomic mass is 9.44. The number of hydrogen-bond donors (Lipinski definition) is 0. The van der Waals surface area contributed by atoms with Crippen molar-refractivity contribution >= 4 is 5.78 Å². The van der Waals surface area contributed by atoms with E-state index >= 15 is 0 Å². The Kier molecular flexibility index (Phi) is 4.64. The number of hydrogen-bond acceptors (Lipinski definition) is 5. The zero-order chi connectivity index (χ0) is 22.9. The van der Waals surface area contributed by atoms with Gasteiger partial charge in [-0.15, -0.1) is 0 Å². The van der Waals surface area contributed by atoms with Crippen LogP contribution < -0.4 is 15.1 Å². The summed E-state index contributed by atoms with van der Waals surface area (Å²) in [6.45, 7) is 8.71. The fraction of sp³-hybridized carbons (Fsp3) is 0.556. The van der Waals surface area contributed by atoms with Gasteiger partial charge in [-0.25, -0.2) is 4.79 Å². The molecule has 2 aromatic rings. The molecule has 32 heavy (non-hydrogen) atoms. The Morgan fingerprint density at radius 1 is 1.00 bits per heavy atom. The van der Waals surface area contributed by atoms with E-state index in [2.05, 4.69) is 27.7 Å². The van der Waals surface area contributed by atoms with E-state index in [9.17, 15) is 9.59 Å². The highest BCUT2D eigenvalue weighted by Gasteiger charge is 2.62. The SMILES string of the molecule is COc1ccc(-c2cc3c(c(=O)o2)CC2[C@@]4(C)CCC(=O)C(C)(C)C4CC[C@@]2(C)O3)cc1. The molecule has 2 aliphatic carbocycles. The third-order valence-electron chi connectivity index (χ3n) is 8.87. The van der Waals surface area contributed by atoms with Crippen LogP contribution in [0.15, 0.2) is 39.5 Å². The van der Waals surface area contributed by atoms with E-state index in [-0.39, 0.29) is 28.0 Å². The van der Waals surface area contributed by atoms with Gasteiger partial charge < -0.3 is 13.9 Å². The van der Waals surface area contributed by atoms with Crippen molar-refractivity contribution < 1.29 is 18.7 Å². The van der Waals surface area contributed by atoms with Gasteiger partial charge in [0, 0.05) is 29.4 Å². The first-order valence-corrected chi connectivity index (χ1v) is 11.6. The van der Waals surface area contributed by atoms with E-state index in [1.165, 1.54) is 0 Å². The molecule has 2 saturated carbocycles. The van der Waals surface area contributed by atoms with E-state index in [4.69, 9.17) is 13.9 Å². The summed E-state index contributed by atoms with van der Waals surface area (Å²) in [6, 6.07) is 9.32. The van der Waals surface area contributed by atoms with E-state index in [0.717, 1.165) is 30.6 Å². The molecular formula is C27H32O5. The molecule has 0 spiro atoms. The van der Waals surface area contributed by atoms with Crippen LogP contribution in [0.25, 0.3) is 11.3 Å². The number of carbonyl (C=O) groups excluding carboxylic acids is 1. The molecule has 1 aromatic heterocycles. The van der Waals surface area contributed by atoms with Crippen LogP contribution >= 0.6 is 0 Å². The predicted octanol–water partition coefficient (Wildman–Crippen LogP) is 5.43. The monoisotopic (exact) mass is 436 g/mol. The molecule has 5 rings (SSSR count). The minimum Gasteiger partial charge on any atom is -0.497 e. The molecule has 4 atom stereocenters. The molecule has 2 heterocycles. The lowest BCUT2D eigenvalue weighted by Gasteiger charge is -2.62.